The van der Waals surface area contributed by atoms with E-state index in [0.29, 0.717) is 18.8 Å². The van der Waals surface area contributed by atoms with Gasteiger partial charge in [-0.05, 0) is 30.5 Å². The van der Waals surface area contributed by atoms with E-state index in [1.54, 1.807) is 7.11 Å². The monoisotopic (exact) mass is 293 g/mol. The van der Waals surface area contributed by atoms with E-state index >= 15 is 0 Å². The molecule has 0 bridgehead atoms. The van der Waals surface area contributed by atoms with Crippen LogP contribution in [0, 0.1) is 0 Å². The van der Waals surface area contributed by atoms with Crippen LogP contribution < -0.4 is 14.8 Å². The lowest BCUT2D eigenvalue weighted by Crippen LogP contribution is -2.21. The fourth-order valence-electron chi connectivity index (χ4n) is 2.44. The third kappa shape index (κ3) is 5.21. The zero-order valence-corrected chi connectivity index (χ0v) is 13.4. The van der Waals surface area contributed by atoms with Gasteiger partial charge in [0, 0.05) is 25.6 Å². The molecule has 21 heavy (non-hydrogen) atoms. The summed E-state index contributed by atoms with van der Waals surface area (Å²) in [5.41, 5.74) is 1.21. The van der Waals surface area contributed by atoms with Crippen LogP contribution in [-0.4, -0.2) is 32.5 Å². The summed E-state index contributed by atoms with van der Waals surface area (Å²) in [6.07, 6.45) is 3.63. The van der Waals surface area contributed by atoms with E-state index in [9.17, 15) is 0 Å². The van der Waals surface area contributed by atoms with Gasteiger partial charge in [-0.2, -0.15) is 0 Å². The maximum atomic E-state index is 5.90. The molecule has 1 unspecified atom stereocenters. The third-order valence-electron chi connectivity index (χ3n) is 3.66. The van der Waals surface area contributed by atoms with Crippen LogP contribution in [0.15, 0.2) is 18.2 Å². The highest BCUT2D eigenvalue weighted by Gasteiger charge is 2.15. The first-order chi connectivity index (χ1) is 10.2. The number of ether oxygens (including phenoxy) is 3. The lowest BCUT2D eigenvalue weighted by molar-refractivity contribution is 0.0899. The van der Waals surface area contributed by atoms with Crippen molar-refractivity contribution in [2.75, 3.05) is 20.3 Å². The smallest absolute Gasteiger partial charge is 0.161 e. The van der Waals surface area contributed by atoms with Gasteiger partial charge in [-0.15, -0.1) is 0 Å². The van der Waals surface area contributed by atoms with Gasteiger partial charge in [-0.25, -0.2) is 0 Å². The van der Waals surface area contributed by atoms with Crippen LogP contribution in [0.4, 0.5) is 0 Å². The Kier molecular flexibility index (Phi) is 6.33. The second kappa shape index (κ2) is 8.25. The van der Waals surface area contributed by atoms with Crippen LogP contribution in [0.3, 0.4) is 0 Å². The normalized spacial score (nSPS) is 18.2. The van der Waals surface area contributed by atoms with Crippen LogP contribution in [0.5, 0.6) is 11.5 Å². The Morgan fingerprint density at radius 2 is 2.19 bits per heavy atom. The molecule has 0 amide bonds. The quantitative estimate of drug-likeness (QED) is 0.799. The topological polar surface area (TPSA) is 39.7 Å². The Morgan fingerprint density at radius 3 is 2.86 bits per heavy atom. The predicted octanol–water partition coefficient (Wildman–Crippen LogP) is 3.14. The van der Waals surface area contributed by atoms with Gasteiger partial charge in [0.25, 0.3) is 0 Å². The predicted molar refractivity (Wildman–Crippen MR) is 84.1 cm³/mol. The van der Waals surface area contributed by atoms with Crippen molar-refractivity contribution < 1.29 is 14.2 Å². The summed E-state index contributed by atoms with van der Waals surface area (Å²) in [6.45, 7) is 6.68. The first-order valence-corrected chi connectivity index (χ1v) is 7.83. The number of methoxy groups -OCH3 is 1. The number of nitrogens with one attached hydrogen (secondary N) is 1. The molecule has 1 aromatic carbocycles. The summed E-state index contributed by atoms with van der Waals surface area (Å²) in [7, 11) is 1.67. The minimum atomic E-state index is 0.363. The zero-order chi connectivity index (χ0) is 15.1. The molecule has 4 heteroatoms. The summed E-state index contributed by atoms with van der Waals surface area (Å²) in [4.78, 5) is 0. The summed E-state index contributed by atoms with van der Waals surface area (Å²) in [5, 5.41) is 3.41. The molecular formula is C17H27NO3. The molecule has 4 nitrogen and oxygen atoms in total. The number of benzene rings is 1. The van der Waals surface area contributed by atoms with Crippen LogP contribution in [0.25, 0.3) is 0 Å². The van der Waals surface area contributed by atoms with Crippen molar-refractivity contribution in [2.45, 2.75) is 51.8 Å². The molecule has 1 atom stereocenters. The van der Waals surface area contributed by atoms with Gasteiger partial charge in [0.2, 0.25) is 0 Å². The molecule has 2 rings (SSSR count). The first-order valence-electron chi connectivity index (χ1n) is 7.83. The Labute approximate surface area is 127 Å². The highest BCUT2D eigenvalue weighted by Crippen LogP contribution is 2.28. The van der Waals surface area contributed by atoms with Gasteiger partial charge in [-0.3, -0.25) is 0 Å². The van der Waals surface area contributed by atoms with Crippen LogP contribution in [0.2, 0.25) is 0 Å². The van der Waals surface area contributed by atoms with Gasteiger partial charge >= 0.3 is 0 Å². The molecule has 118 valence electrons. The molecule has 0 radical (unpaired) electrons. The third-order valence-corrected chi connectivity index (χ3v) is 3.66. The van der Waals surface area contributed by atoms with Crippen LogP contribution in [0.1, 0.15) is 38.7 Å². The number of hydrogen-bond donors (Lipinski definition) is 1. The molecule has 1 heterocycles. The average Bonchev–Trinajstić information content (AvgIpc) is 2.98. The van der Waals surface area contributed by atoms with Crippen molar-refractivity contribution in [3.8, 4) is 11.5 Å². The first kappa shape index (κ1) is 16.1. The van der Waals surface area contributed by atoms with E-state index in [1.165, 1.54) is 12.0 Å². The maximum Gasteiger partial charge on any atom is 0.161 e. The van der Waals surface area contributed by atoms with E-state index in [-0.39, 0.29) is 0 Å². The van der Waals surface area contributed by atoms with Gasteiger partial charge in [0.05, 0.1) is 19.8 Å². The molecule has 1 aliphatic rings. The Hall–Kier alpha value is -1.26. The largest absolute Gasteiger partial charge is 0.493 e. The van der Waals surface area contributed by atoms with Crippen molar-refractivity contribution in [2.24, 2.45) is 0 Å². The lowest BCUT2D eigenvalue weighted by Gasteiger charge is -2.15. The molecule has 0 spiro atoms. The minimum Gasteiger partial charge on any atom is -0.493 e. The molecule has 1 aromatic rings. The van der Waals surface area contributed by atoms with Gasteiger partial charge in [-0.1, -0.05) is 19.9 Å². The SMILES string of the molecule is COc1ccc(CNC(C)C)cc1OCCC1CCCO1. The molecule has 0 aliphatic carbocycles. The highest BCUT2D eigenvalue weighted by atomic mass is 16.5. The molecule has 1 N–H and O–H groups in total. The molecule has 0 aromatic heterocycles. The molecular weight excluding hydrogens is 266 g/mol. The van der Waals surface area contributed by atoms with E-state index in [4.69, 9.17) is 14.2 Å². The van der Waals surface area contributed by atoms with E-state index in [2.05, 4.69) is 31.3 Å². The van der Waals surface area contributed by atoms with Crippen molar-refractivity contribution in [1.82, 2.24) is 5.32 Å². The fraction of sp³-hybridized carbons (Fsp3) is 0.647. The second-order valence-electron chi connectivity index (χ2n) is 5.79. The van der Waals surface area contributed by atoms with E-state index in [1.807, 2.05) is 6.07 Å². The van der Waals surface area contributed by atoms with Gasteiger partial charge in [0.15, 0.2) is 11.5 Å². The maximum absolute atomic E-state index is 5.90. The number of rotatable bonds is 8. The van der Waals surface area contributed by atoms with Gasteiger partial charge < -0.3 is 19.5 Å². The molecule has 0 saturated carbocycles. The summed E-state index contributed by atoms with van der Waals surface area (Å²) >= 11 is 0. The lowest BCUT2D eigenvalue weighted by atomic mass is 10.2. The minimum absolute atomic E-state index is 0.363. The fourth-order valence-corrected chi connectivity index (χ4v) is 2.44. The summed E-state index contributed by atoms with van der Waals surface area (Å²) < 4.78 is 16.9. The van der Waals surface area contributed by atoms with Crippen molar-refractivity contribution in [3.63, 3.8) is 0 Å². The highest BCUT2D eigenvalue weighted by molar-refractivity contribution is 5.42. The Bertz CT molecular complexity index is 428. The molecule has 1 aliphatic heterocycles. The standard InChI is InChI=1S/C17H27NO3/c1-13(2)18-12-14-6-7-16(19-3)17(11-14)21-10-8-15-5-4-9-20-15/h6-7,11,13,15,18H,4-5,8-10,12H2,1-3H3. The number of hydrogen-bond acceptors (Lipinski definition) is 4. The Balaban J connectivity index is 1.89. The van der Waals surface area contributed by atoms with Crippen LogP contribution in [-0.2, 0) is 11.3 Å². The van der Waals surface area contributed by atoms with Crippen molar-refractivity contribution in [1.29, 1.82) is 0 Å². The van der Waals surface area contributed by atoms with E-state index in [0.717, 1.165) is 37.5 Å². The van der Waals surface area contributed by atoms with Crippen molar-refractivity contribution in [3.05, 3.63) is 23.8 Å². The zero-order valence-electron chi connectivity index (χ0n) is 13.4. The van der Waals surface area contributed by atoms with Crippen molar-refractivity contribution >= 4 is 0 Å². The summed E-state index contributed by atoms with van der Waals surface area (Å²) in [6, 6.07) is 6.57. The average molecular weight is 293 g/mol. The molecule has 1 fully saturated rings. The summed E-state index contributed by atoms with van der Waals surface area (Å²) in [5.74, 6) is 1.61. The van der Waals surface area contributed by atoms with Gasteiger partial charge in [0.1, 0.15) is 0 Å². The second-order valence-corrected chi connectivity index (χ2v) is 5.79. The molecule has 1 saturated heterocycles. The van der Waals surface area contributed by atoms with E-state index < -0.39 is 0 Å². The van der Waals surface area contributed by atoms with Crippen LogP contribution >= 0.6 is 0 Å². The Morgan fingerprint density at radius 1 is 1.33 bits per heavy atom.